The van der Waals surface area contributed by atoms with Crippen LogP contribution in [0.2, 0.25) is 0 Å². The molecule has 2 rings (SSSR count). The van der Waals surface area contributed by atoms with E-state index in [1.54, 1.807) is 6.20 Å². The molecule has 0 spiro atoms. The van der Waals surface area contributed by atoms with E-state index in [1.165, 1.54) is 0 Å². The average Bonchev–Trinajstić information content (AvgIpc) is 2.61. The Hall–Kier alpha value is -2.40. The van der Waals surface area contributed by atoms with Crippen molar-refractivity contribution in [2.45, 2.75) is 32.9 Å². The second-order valence-corrected chi connectivity index (χ2v) is 6.15. The lowest BCUT2D eigenvalue weighted by Gasteiger charge is -2.21. The predicted molar refractivity (Wildman–Crippen MR) is 95.5 cm³/mol. The molecular weight excluding hydrogens is 302 g/mol. The molecule has 2 aromatic rings. The molecule has 0 saturated carbocycles. The van der Waals surface area contributed by atoms with Crippen molar-refractivity contribution in [3.63, 3.8) is 0 Å². The Morgan fingerprint density at radius 3 is 2.38 bits per heavy atom. The van der Waals surface area contributed by atoms with Gasteiger partial charge in [-0.3, -0.25) is 4.98 Å². The van der Waals surface area contributed by atoms with Crippen molar-refractivity contribution >= 4 is 6.03 Å². The number of urea groups is 1. The Kier molecular flexibility index (Phi) is 6.32. The van der Waals surface area contributed by atoms with Gasteiger partial charge in [-0.25, -0.2) is 4.79 Å². The zero-order valence-corrected chi connectivity index (χ0v) is 14.4. The third kappa shape index (κ3) is 4.80. The highest BCUT2D eigenvalue weighted by Crippen LogP contribution is 2.21. The first kappa shape index (κ1) is 17.9. The fourth-order valence-electron chi connectivity index (χ4n) is 2.33. The number of hydrogen-bond acceptors (Lipinski definition) is 3. The van der Waals surface area contributed by atoms with E-state index in [-0.39, 0.29) is 30.6 Å². The first-order chi connectivity index (χ1) is 11.5. The molecule has 3 atom stereocenters. The van der Waals surface area contributed by atoms with Gasteiger partial charge in [0.2, 0.25) is 0 Å². The van der Waals surface area contributed by atoms with Crippen LogP contribution in [-0.2, 0) is 0 Å². The maximum absolute atomic E-state index is 12.0. The minimum absolute atomic E-state index is 0.0184. The molecule has 0 unspecified atom stereocenters. The zero-order valence-electron chi connectivity index (χ0n) is 14.4. The molecule has 2 amide bonds. The average molecular weight is 327 g/mol. The van der Waals surface area contributed by atoms with Crippen LogP contribution < -0.4 is 10.6 Å². The number of hydrogen-bond donors (Lipinski definition) is 3. The summed E-state index contributed by atoms with van der Waals surface area (Å²) in [5.74, 6) is 0.0184. The molecule has 0 bridgehead atoms. The number of nitrogens with zero attached hydrogens (tertiary/aromatic N) is 1. The molecule has 0 saturated heterocycles. The van der Waals surface area contributed by atoms with E-state index >= 15 is 0 Å². The van der Waals surface area contributed by atoms with Gasteiger partial charge in [-0.1, -0.05) is 37.3 Å². The van der Waals surface area contributed by atoms with Crippen LogP contribution >= 0.6 is 0 Å². The van der Waals surface area contributed by atoms with E-state index in [2.05, 4.69) is 15.6 Å². The number of nitrogens with one attached hydrogen (secondary N) is 2. The van der Waals surface area contributed by atoms with Crippen LogP contribution in [0.15, 0.2) is 48.8 Å². The van der Waals surface area contributed by atoms with Crippen molar-refractivity contribution in [2.24, 2.45) is 5.92 Å². The highest BCUT2D eigenvalue weighted by atomic mass is 16.3. The van der Waals surface area contributed by atoms with Gasteiger partial charge >= 0.3 is 6.03 Å². The molecule has 3 N–H and O–H groups in total. The minimum Gasteiger partial charge on any atom is -0.396 e. The van der Waals surface area contributed by atoms with Crippen molar-refractivity contribution in [1.82, 2.24) is 15.6 Å². The van der Waals surface area contributed by atoms with Crippen LogP contribution in [0.5, 0.6) is 0 Å². The van der Waals surface area contributed by atoms with Gasteiger partial charge in [0.05, 0.1) is 6.04 Å². The Bertz CT molecular complexity index is 643. The maximum atomic E-state index is 12.0. The Balaban J connectivity index is 1.95. The number of aromatic nitrogens is 1. The molecular formula is C19H25N3O2. The Morgan fingerprint density at radius 1 is 1.08 bits per heavy atom. The first-order valence-electron chi connectivity index (χ1n) is 8.19. The summed E-state index contributed by atoms with van der Waals surface area (Å²) < 4.78 is 0. The smallest absolute Gasteiger partial charge is 0.315 e. The van der Waals surface area contributed by atoms with Crippen LogP contribution in [0.3, 0.4) is 0 Å². The van der Waals surface area contributed by atoms with Gasteiger partial charge < -0.3 is 15.7 Å². The Morgan fingerprint density at radius 2 is 1.79 bits per heavy atom. The van der Waals surface area contributed by atoms with Crippen molar-refractivity contribution in [3.8, 4) is 11.1 Å². The standard InChI is InChI=1S/C19H25N3O2/c1-13(12-23)14(2)21-19(24)22-15(3)16-6-8-17(9-7-16)18-5-4-10-20-11-18/h4-11,13-15,23H,12H2,1-3H3,(H2,21,22,24)/t13-,14+,15-/m0/s1. The second-order valence-electron chi connectivity index (χ2n) is 6.15. The number of carbonyl (C=O) groups is 1. The lowest BCUT2D eigenvalue weighted by molar-refractivity contribution is 0.199. The van der Waals surface area contributed by atoms with Crippen LogP contribution in [0.4, 0.5) is 4.79 Å². The van der Waals surface area contributed by atoms with E-state index in [9.17, 15) is 4.79 Å². The number of pyridine rings is 1. The fraction of sp³-hybridized carbons (Fsp3) is 0.368. The summed E-state index contributed by atoms with van der Waals surface area (Å²) in [4.78, 5) is 16.2. The fourth-order valence-corrected chi connectivity index (χ4v) is 2.33. The molecule has 128 valence electrons. The second kappa shape index (κ2) is 8.45. The number of benzene rings is 1. The van der Waals surface area contributed by atoms with Crippen molar-refractivity contribution in [2.75, 3.05) is 6.61 Å². The van der Waals surface area contributed by atoms with Crippen molar-refractivity contribution in [3.05, 3.63) is 54.4 Å². The topological polar surface area (TPSA) is 74.2 Å². The van der Waals surface area contributed by atoms with Crippen molar-refractivity contribution < 1.29 is 9.90 Å². The third-order valence-electron chi connectivity index (χ3n) is 4.25. The molecule has 1 aromatic carbocycles. The molecule has 0 aliphatic rings. The van der Waals surface area contributed by atoms with Gasteiger partial charge in [-0.05, 0) is 42.5 Å². The first-order valence-corrected chi connectivity index (χ1v) is 8.19. The highest BCUT2D eigenvalue weighted by Gasteiger charge is 2.15. The molecule has 5 heteroatoms. The highest BCUT2D eigenvalue weighted by molar-refractivity contribution is 5.74. The summed E-state index contributed by atoms with van der Waals surface area (Å²) in [7, 11) is 0. The lowest BCUT2D eigenvalue weighted by atomic mass is 10.0. The number of rotatable bonds is 6. The largest absolute Gasteiger partial charge is 0.396 e. The monoisotopic (exact) mass is 327 g/mol. The molecule has 5 nitrogen and oxygen atoms in total. The summed E-state index contributed by atoms with van der Waals surface area (Å²) in [6.07, 6.45) is 3.58. The number of aliphatic hydroxyl groups excluding tert-OH is 1. The summed E-state index contributed by atoms with van der Waals surface area (Å²) in [5.41, 5.74) is 3.18. The van der Waals surface area contributed by atoms with E-state index in [0.29, 0.717) is 0 Å². The zero-order chi connectivity index (χ0) is 17.5. The van der Waals surface area contributed by atoms with Gasteiger partial charge in [-0.15, -0.1) is 0 Å². The molecule has 0 aliphatic heterocycles. The summed E-state index contributed by atoms with van der Waals surface area (Å²) >= 11 is 0. The maximum Gasteiger partial charge on any atom is 0.315 e. The molecule has 0 radical (unpaired) electrons. The molecule has 1 aromatic heterocycles. The van der Waals surface area contributed by atoms with Gasteiger partial charge in [-0.2, -0.15) is 0 Å². The predicted octanol–water partition coefficient (Wildman–Crippen LogP) is 3.13. The summed E-state index contributed by atoms with van der Waals surface area (Å²) in [6, 6.07) is 11.6. The number of amides is 2. The molecule has 1 heterocycles. The number of carbonyl (C=O) groups excluding carboxylic acids is 1. The van der Waals surface area contributed by atoms with E-state index in [4.69, 9.17) is 5.11 Å². The SMILES string of the molecule is C[C@H](NC(=O)N[C@H](C)[C@@H](C)CO)c1ccc(-c2cccnc2)cc1. The third-order valence-corrected chi connectivity index (χ3v) is 4.25. The van der Waals surface area contributed by atoms with E-state index in [1.807, 2.05) is 63.4 Å². The van der Waals surface area contributed by atoms with Crippen LogP contribution in [0.25, 0.3) is 11.1 Å². The van der Waals surface area contributed by atoms with Gasteiger partial charge in [0.1, 0.15) is 0 Å². The lowest BCUT2D eigenvalue weighted by Crippen LogP contribution is -2.44. The van der Waals surface area contributed by atoms with Crippen LogP contribution in [0, 0.1) is 5.92 Å². The molecule has 0 fully saturated rings. The normalized spacial score (nSPS) is 14.5. The molecule has 0 aliphatic carbocycles. The Labute approximate surface area is 143 Å². The van der Waals surface area contributed by atoms with E-state index < -0.39 is 0 Å². The number of aliphatic hydroxyl groups is 1. The molecule has 24 heavy (non-hydrogen) atoms. The quantitative estimate of drug-likeness (QED) is 0.763. The minimum atomic E-state index is -0.230. The summed E-state index contributed by atoms with van der Waals surface area (Å²) in [5, 5.41) is 14.9. The van der Waals surface area contributed by atoms with Gasteiger partial charge in [0.25, 0.3) is 0 Å². The van der Waals surface area contributed by atoms with Crippen LogP contribution in [0.1, 0.15) is 32.4 Å². The summed E-state index contributed by atoms with van der Waals surface area (Å²) in [6.45, 7) is 5.77. The van der Waals surface area contributed by atoms with Gasteiger partial charge in [0.15, 0.2) is 0 Å². The van der Waals surface area contributed by atoms with Gasteiger partial charge in [0, 0.05) is 25.0 Å². The van der Waals surface area contributed by atoms with Crippen molar-refractivity contribution in [1.29, 1.82) is 0 Å². The van der Waals surface area contributed by atoms with Crippen LogP contribution in [-0.4, -0.2) is 28.8 Å². The van der Waals surface area contributed by atoms with E-state index in [0.717, 1.165) is 16.7 Å².